The Balaban J connectivity index is 4.39. The molecule has 10 nitrogen and oxygen atoms in total. The molecule has 0 aliphatic heterocycles. The molecule has 0 rings (SSSR count). The number of phosphoric acid groups is 1. The SMILES string of the molecule is CC/C=C\C/C=C\C/C=C\C/C=C\CCCCC(=O)OC(COC(=O)CCCCCCCC/C=C\C/C=C\C/C=C\CCCCC)COP(=O)(O)OCC(O)CO. The van der Waals surface area contributed by atoms with Gasteiger partial charge in [-0.2, -0.15) is 0 Å². The molecule has 3 atom stereocenters. The van der Waals surface area contributed by atoms with Crippen molar-refractivity contribution in [2.45, 2.75) is 167 Å². The van der Waals surface area contributed by atoms with Crippen molar-refractivity contribution in [1.82, 2.24) is 0 Å². The van der Waals surface area contributed by atoms with E-state index in [1.165, 1.54) is 25.7 Å². The first-order chi connectivity index (χ1) is 27.7. The Morgan fingerprint density at radius 3 is 1.49 bits per heavy atom. The van der Waals surface area contributed by atoms with Crippen LogP contribution in [0.25, 0.3) is 0 Å². The smallest absolute Gasteiger partial charge is 0.462 e. The van der Waals surface area contributed by atoms with E-state index in [1.807, 2.05) is 0 Å². The topological polar surface area (TPSA) is 149 Å². The number of phosphoric ester groups is 1. The van der Waals surface area contributed by atoms with Crippen LogP contribution in [0.5, 0.6) is 0 Å². The Morgan fingerprint density at radius 2 is 0.965 bits per heavy atom. The Kier molecular flexibility index (Phi) is 39.2. The Bertz CT molecular complexity index is 1220. The lowest BCUT2D eigenvalue weighted by molar-refractivity contribution is -0.161. The number of esters is 2. The van der Waals surface area contributed by atoms with Crippen LogP contribution in [0, 0.1) is 0 Å². The number of unbranched alkanes of at least 4 members (excludes halogenated alkanes) is 11. The number of carbonyl (C=O) groups excluding carboxylic acids is 2. The summed E-state index contributed by atoms with van der Waals surface area (Å²) in [5.41, 5.74) is 0. The molecule has 0 amide bonds. The third-order valence-electron chi connectivity index (χ3n) is 8.53. The molecule has 3 N–H and O–H groups in total. The van der Waals surface area contributed by atoms with Gasteiger partial charge in [0.1, 0.15) is 12.7 Å². The fraction of sp³-hybridized carbons (Fsp3) is 0.652. The van der Waals surface area contributed by atoms with Gasteiger partial charge in [0.15, 0.2) is 6.10 Å². The Morgan fingerprint density at radius 1 is 0.544 bits per heavy atom. The number of hydrogen-bond acceptors (Lipinski definition) is 9. The molecule has 0 spiro atoms. The quantitative estimate of drug-likeness (QED) is 0.0237. The van der Waals surface area contributed by atoms with E-state index >= 15 is 0 Å². The van der Waals surface area contributed by atoms with Gasteiger partial charge in [-0.15, -0.1) is 0 Å². The summed E-state index contributed by atoms with van der Waals surface area (Å²) in [7, 11) is -4.64. The summed E-state index contributed by atoms with van der Waals surface area (Å²) in [4.78, 5) is 35.0. The van der Waals surface area contributed by atoms with Crippen molar-refractivity contribution < 1.29 is 47.8 Å². The van der Waals surface area contributed by atoms with Crippen molar-refractivity contribution in [2.24, 2.45) is 0 Å². The molecule has 0 fully saturated rings. The van der Waals surface area contributed by atoms with Gasteiger partial charge < -0.3 is 24.6 Å². The number of rotatable bonds is 39. The second-order valence-corrected chi connectivity index (χ2v) is 15.4. The molecule has 0 aromatic heterocycles. The number of aliphatic hydroxyl groups is 2. The summed E-state index contributed by atoms with van der Waals surface area (Å²) in [5.74, 6) is -0.997. The molecule has 0 aromatic rings. The average molecular weight is 821 g/mol. The molecule has 326 valence electrons. The van der Waals surface area contributed by atoms with Crippen molar-refractivity contribution in [3.8, 4) is 0 Å². The van der Waals surface area contributed by atoms with E-state index in [-0.39, 0.29) is 19.4 Å². The first kappa shape index (κ1) is 54.2. The van der Waals surface area contributed by atoms with E-state index in [0.29, 0.717) is 12.8 Å². The van der Waals surface area contributed by atoms with Crippen LogP contribution in [0.2, 0.25) is 0 Å². The van der Waals surface area contributed by atoms with Gasteiger partial charge in [-0.25, -0.2) is 4.57 Å². The molecule has 0 saturated carbocycles. The number of allylic oxidation sites excluding steroid dienone is 14. The van der Waals surface area contributed by atoms with E-state index in [0.717, 1.165) is 89.9 Å². The summed E-state index contributed by atoms with van der Waals surface area (Å²) >= 11 is 0. The molecule has 0 heterocycles. The lowest BCUT2D eigenvalue weighted by atomic mass is 10.1. The maximum Gasteiger partial charge on any atom is 0.472 e. The molecule has 0 bridgehead atoms. The monoisotopic (exact) mass is 821 g/mol. The summed E-state index contributed by atoms with van der Waals surface area (Å²) < 4.78 is 32.6. The predicted molar refractivity (Wildman–Crippen MR) is 233 cm³/mol. The molecule has 0 saturated heterocycles. The van der Waals surface area contributed by atoms with Crippen molar-refractivity contribution in [3.05, 3.63) is 85.1 Å². The minimum atomic E-state index is -4.64. The summed E-state index contributed by atoms with van der Waals surface area (Å²) in [6.07, 6.45) is 48.3. The molecule has 0 aliphatic rings. The fourth-order valence-corrected chi connectivity index (χ4v) is 6.01. The van der Waals surface area contributed by atoms with E-state index in [1.54, 1.807) is 0 Å². The van der Waals surface area contributed by atoms with Gasteiger partial charge in [0.05, 0.1) is 19.8 Å². The minimum Gasteiger partial charge on any atom is -0.462 e. The number of carbonyl (C=O) groups is 2. The lowest BCUT2D eigenvalue weighted by Crippen LogP contribution is -2.29. The largest absolute Gasteiger partial charge is 0.472 e. The zero-order valence-electron chi connectivity index (χ0n) is 35.3. The number of hydrogen-bond donors (Lipinski definition) is 3. The van der Waals surface area contributed by atoms with Crippen LogP contribution in [-0.2, 0) is 32.7 Å². The predicted octanol–water partition coefficient (Wildman–Crippen LogP) is 11.4. The summed E-state index contributed by atoms with van der Waals surface area (Å²) in [5, 5.41) is 18.3. The molecular formula is C46H77O10P. The maximum absolute atomic E-state index is 12.6. The van der Waals surface area contributed by atoms with Crippen LogP contribution in [-0.4, -0.2) is 65.7 Å². The van der Waals surface area contributed by atoms with Crippen LogP contribution in [0.1, 0.15) is 155 Å². The maximum atomic E-state index is 12.6. The minimum absolute atomic E-state index is 0.124. The number of ether oxygens (including phenoxy) is 2. The highest BCUT2D eigenvalue weighted by Crippen LogP contribution is 2.43. The Hall–Kier alpha value is -2.85. The first-order valence-corrected chi connectivity index (χ1v) is 23.0. The van der Waals surface area contributed by atoms with Gasteiger partial charge in [-0.1, -0.05) is 137 Å². The van der Waals surface area contributed by atoms with Crippen LogP contribution in [0.4, 0.5) is 0 Å². The molecule has 11 heteroatoms. The molecular weight excluding hydrogens is 743 g/mol. The average Bonchev–Trinajstić information content (AvgIpc) is 3.20. The van der Waals surface area contributed by atoms with Gasteiger partial charge in [-0.05, 0) is 89.9 Å². The second kappa shape index (κ2) is 41.3. The van der Waals surface area contributed by atoms with Gasteiger partial charge >= 0.3 is 19.8 Å². The normalized spacial score (nSPS) is 14.7. The molecule has 0 aliphatic carbocycles. The highest BCUT2D eigenvalue weighted by molar-refractivity contribution is 7.47. The fourth-order valence-electron chi connectivity index (χ4n) is 5.22. The lowest BCUT2D eigenvalue weighted by Gasteiger charge is -2.20. The molecule has 0 radical (unpaired) electrons. The van der Waals surface area contributed by atoms with Crippen LogP contribution >= 0.6 is 7.82 Å². The van der Waals surface area contributed by atoms with Crippen LogP contribution < -0.4 is 0 Å². The second-order valence-electron chi connectivity index (χ2n) is 14.0. The van der Waals surface area contributed by atoms with Crippen molar-refractivity contribution >= 4 is 19.8 Å². The van der Waals surface area contributed by atoms with E-state index in [2.05, 4.69) is 103 Å². The highest BCUT2D eigenvalue weighted by atomic mass is 31.2. The third kappa shape index (κ3) is 41.1. The summed E-state index contributed by atoms with van der Waals surface area (Å²) in [6.45, 7) is 2.15. The standard InChI is InChI=1S/C46H77O10P/c1-3-5-7-9-11-13-15-17-19-20-21-22-24-25-27-29-31-33-35-37-45(49)53-41-44(42-55-57(51,52)54-40-43(48)39-47)56-46(50)38-36-34-32-30-28-26-23-18-16-14-12-10-8-6-4-2/h6,8,11-14,17-19,21-23,28,30,43-44,47-48H,3-5,7,9-10,15-16,20,24-27,29,31-42H2,1-2H3,(H,51,52)/b8-6-,13-11-,14-12-,19-17-,22-21-,23-18-,30-28-. The van der Waals surface area contributed by atoms with E-state index in [9.17, 15) is 24.2 Å². The zero-order valence-corrected chi connectivity index (χ0v) is 36.2. The molecule has 0 aromatic carbocycles. The van der Waals surface area contributed by atoms with E-state index < -0.39 is 51.8 Å². The first-order valence-electron chi connectivity index (χ1n) is 21.5. The highest BCUT2D eigenvalue weighted by Gasteiger charge is 2.27. The Labute approximate surface area is 345 Å². The molecule has 3 unspecified atom stereocenters. The van der Waals surface area contributed by atoms with Crippen molar-refractivity contribution in [1.29, 1.82) is 0 Å². The van der Waals surface area contributed by atoms with E-state index in [4.69, 9.17) is 19.1 Å². The van der Waals surface area contributed by atoms with Crippen LogP contribution in [0.15, 0.2) is 85.1 Å². The van der Waals surface area contributed by atoms with Crippen LogP contribution in [0.3, 0.4) is 0 Å². The molecule has 57 heavy (non-hydrogen) atoms. The van der Waals surface area contributed by atoms with Crippen molar-refractivity contribution in [3.63, 3.8) is 0 Å². The number of aliphatic hydroxyl groups excluding tert-OH is 2. The van der Waals surface area contributed by atoms with Gasteiger partial charge in [0.2, 0.25) is 0 Å². The van der Waals surface area contributed by atoms with Gasteiger partial charge in [-0.3, -0.25) is 18.6 Å². The summed E-state index contributed by atoms with van der Waals surface area (Å²) in [6, 6.07) is 0. The van der Waals surface area contributed by atoms with Crippen molar-refractivity contribution in [2.75, 3.05) is 26.4 Å². The third-order valence-corrected chi connectivity index (χ3v) is 9.48. The zero-order chi connectivity index (χ0) is 41.9. The van der Waals surface area contributed by atoms with Gasteiger partial charge in [0, 0.05) is 12.8 Å². The van der Waals surface area contributed by atoms with Gasteiger partial charge in [0.25, 0.3) is 0 Å².